The normalized spacial score (nSPS) is 10.7. The van der Waals surface area contributed by atoms with E-state index >= 15 is 0 Å². The van der Waals surface area contributed by atoms with Gasteiger partial charge < -0.3 is 10.1 Å². The third-order valence-corrected chi connectivity index (χ3v) is 4.55. The Morgan fingerprint density at radius 3 is 2.64 bits per heavy atom. The Morgan fingerprint density at radius 2 is 1.88 bits per heavy atom. The largest absolute Gasteiger partial charge is 0.491 e. The van der Waals surface area contributed by atoms with Gasteiger partial charge in [0, 0.05) is 11.3 Å². The van der Waals surface area contributed by atoms with Gasteiger partial charge in [0.2, 0.25) is 0 Å². The van der Waals surface area contributed by atoms with Crippen molar-refractivity contribution in [1.29, 1.82) is 0 Å². The van der Waals surface area contributed by atoms with Gasteiger partial charge in [-0.25, -0.2) is 9.97 Å². The Labute approximate surface area is 152 Å². The van der Waals surface area contributed by atoms with E-state index in [4.69, 9.17) is 4.74 Å². The molecule has 1 aromatic heterocycles. The highest BCUT2D eigenvalue weighted by Crippen LogP contribution is 2.20. The zero-order valence-electron chi connectivity index (χ0n) is 16.1. The number of aryl methyl sites for hydroxylation is 3. The van der Waals surface area contributed by atoms with Crippen LogP contribution in [0.2, 0.25) is 0 Å². The molecule has 4 nitrogen and oxygen atoms in total. The molecule has 1 heterocycles. The van der Waals surface area contributed by atoms with Crippen LogP contribution in [0.15, 0.2) is 24.5 Å². The SMILES string of the molecule is CCCCCCc1ccc(OCCNc2ncnc(C)c2C)c(C)c1. The molecule has 1 aromatic carbocycles. The highest BCUT2D eigenvalue weighted by molar-refractivity contribution is 5.44. The molecule has 0 amide bonds. The maximum absolute atomic E-state index is 5.92. The third-order valence-electron chi connectivity index (χ3n) is 4.55. The highest BCUT2D eigenvalue weighted by Gasteiger charge is 2.04. The van der Waals surface area contributed by atoms with Crippen LogP contribution in [0.3, 0.4) is 0 Å². The molecule has 0 aliphatic rings. The average molecular weight is 341 g/mol. The van der Waals surface area contributed by atoms with Gasteiger partial charge >= 0.3 is 0 Å². The second-order valence-electron chi connectivity index (χ2n) is 6.62. The molecule has 0 bridgehead atoms. The molecule has 1 N–H and O–H groups in total. The standard InChI is InChI=1S/C21H31N3O/c1-5-6-7-8-9-19-10-11-20(16(2)14-19)25-13-12-22-21-17(3)18(4)23-15-24-21/h10-11,14-15H,5-9,12-13H2,1-4H3,(H,22,23,24). The second-order valence-corrected chi connectivity index (χ2v) is 6.62. The van der Waals surface area contributed by atoms with Gasteiger partial charge in [-0.1, -0.05) is 38.3 Å². The van der Waals surface area contributed by atoms with Crippen molar-refractivity contribution >= 4 is 5.82 Å². The van der Waals surface area contributed by atoms with E-state index in [1.54, 1.807) is 6.33 Å². The van der Waals surface area contributed by atoms with Crippen LogP contribution in [0.25, 0.3) is 0 Å². The van der Waals surface area contributed by atoms with Crippen molar-refractivity contribution in [3.05, 3.63) is 46.9 Å². The van der Waals surface area contributed by atoms with E-state index in [0.29, 0.717) is 6.61 Å². The molecule has 0 atom stereocenters. The number of nitrogens with zero attached hydrogens (tertiary/aromatic N) is 2. The van der Waals surface area contributed by atoms with E-state index in [9.17, 15) is 0 Å². The molecule has 0 aliphatic carbocycles. The summed E-state index contributed by atoms with van der Waals surface area (Å²) in [6, 6.07) is 6.55. The number of aromatic nitrogens is 2. The second kappa shape index (κ2) is 10.0. The lowest BCUT2D eigenvalue weighted by atomic mass is 10.0. The summed E-state index contributed by atoms with van der Waals surface area (Å²) in [6.45, 7) is 9.72. The zero-order chi connectivity index (χ0) is 18.1. The van der Waals surface area contributed by atoms with Gasteiger partial charge in [-0.15, -0.1) is 0 Å². The Bertz CT molecular complexity index is 670. The quantitative estimate of drug-likeness (QED) is 0.617. The molecule has 0 spiro atoms. The predicted octanol–water partition coefficient (Wildman–Crippen LogP) is 5.02. The van der Waals surface area contributed by atoms with Crippen molar-refractivity contribution in [2.75, 3.05) is 18.5 Å². The van der Waals surface area contributed by atoms with Crippen LogP contribution in [-0.2, 0) is 6.42 Å². The Balaban J connectivity index is 1.78. The van der Waals surface area contributed by atoms with Gasteiger partial charge in [0.25, 0.3) is 0 Å². The van der Waals surface area contributed by atoms with E-state index in [1.165, 1.54) is 36.8 Å². The van der Waals surface area contributed by atoms with E-state index < -0.39 is 0 Å². The van der Waals surface area contributed by atoms with Crippen LogP contribution < -0.4 is 10.1 Å². The number of benzene rings is 1. The van der Waals surface area contributed by atoms with Crippen LogP contribution in [0.1, 0.15) is 55.0 Å². The first-order valence-corrected chi connectivity index (χ1v) is 9.36. The van der Waals surface area contributed by atoms with Crippen molar-refractivity contribution < 1.29 is 4.74 Å². The van der Waals surface area contributed by atoms with E-state index in [1.807, 2.05) is 13.8 Å². The van der Waals surface area contributed by atoms with Gasteiger partial charge in [-0.05, 0) is 50.8 Å². The minimum absolute atomic E-state index is 0.610. The fourth-order valence-electron chi connectivity index (χ4n) is 2.83. The summed E-state index contributed by atoms with van der Waals surface area (Å²) in [6.07, 6.45) is 7.97. The Morgan fingerprint density at radius 1 is 1.04 bits per heavy atom. The molecule has 0 aliphatic heterocycles. The van der Waals surface area contributed by atoms with Gasteiger partial charge in [-0.3, -0.25) is 0 Å². The maximum Gasteiger partial charge on any atom is 0.132 e. The van der Waals surface area contributed by atoms with Crippen molar-refractivity contribution in [1.82, 2.24) is 9.97 Å². The topological polar surface area (TPSA) is 47.0 Å². The fraction of sp³-hybridized carbons (Fsp3) is 0.524. The Hall–Kier alpha value is -2.10. The number of hydrogen-bond acceptors (Lipinski definition) is 4. The van der Waals surface area contributed by atoms with Crippen LogP contribution in [0.4, 0.5) is 5.82 Å². The minimum atomic E-state index is 0.610. The summed E-state index contributed by atoms with van der Waals surface area (Å²) in [5.74, 6) is 1.85. The number of ether oxygens (including phenoxy) is 1. The monoisotopic (exact) mass is 341 g/mol. The molecular formula is C21H31N3O. The molecule has 0 radical (unpaired) electrons. The molecular weight excluding hydrogens is 310 g/mol. The minimum Gasteiger partial charge on any atom is -0.491 e. The molecule has 2 rings (SSSR count). The number of anilines is 1. The molecule has 4 heteroatoms. The summed E-state index contributed by atoms with van der Waals surface area (Å²) in [5.41, 5.74) is 4.71. The predicted molar refractivity (Wildman–Crippen MR) is 105 cm³/mol. The summed E-state index contributed by atoms with van der Waals surface area (Å²) >= 11 is 0. The number of hydrogen-bond donors (Lipinski definition) is 1. The molecule has 0 saturated carbocycles. The van der Waals surface area contributed by atoms with Gasteiger partial charge in [0.15, 0.2) is 0 Å². The number of unbranched alkanes of at least 4 members (excludes halogenated alkanes) is 3. The van der Waals surface area contributed by atoms with Crippen LogP contribution in [-0.4, -0.2) is 23.1 Å². The zero-order valence-corrected chi connectivity index (χ0v) is 16.1. The third kappa shape index (κ3) is 6.04. The summed E-state index contributed by atoms with van der Waals surface area (Å²) in [4.78, 5) is 8.46. The van der Waals surface area contributed by atoms with Gasteiger partial charge in [0.1, 0.15) is 24.5 Å². The number of rotatable bonds is 10. The van der Waals surface area contributed by atoms with Gasteiger partial charge in [-0.2, -0.15) is 0 Å². The first kappa shape index (κ1) is 19.2. The summed E-state index contributed by atoms with van der Waals surface area (Å²) < 4.78 is 5.92. The van der Waals surface area contributed by atoms with Crippen LogP contribution >= 0.6 is 0 Å². The first-order valence-electron chi connectivity index (χ1n) is 9.36. The lowest BCUT2D eigenvalue weighted by Gasteiger charge is -2.13. The molecule has 0 unspecified atom stereocenters. The molecule has 0 saturated heterocycles. The maximum atomic E-state index is 5.92. The van der Waals surface area contributed by atoms with Crippen molar-refractivity contribution in [2.45, 2.75) is 59.8 Å². The van der Waals surface area contributed by atoms with Crippen LogP contribution in [0.5, 0.6) is 5.75 Å². The first-order chi connectivity index (χ1) is 12.1. The summed E-state index contributed by atoms with van der Waals surface area (Å²) in [5, 5.41) is 3.32. The van der Waals surface area contributed by atoms with E-state index in [2.05, 4.69) is 47.3 Å². The van der Waals surface area contributed by atoms with Crippen molar-refractivity contribution in [3.8, 4) is 5.75 Å². The summed E-state index contributed by atoms with van der Waals surface area (Å²) in [7, 11) is 0. The van der Waals surface area contributed by atoms with Crippen molar-refractivity contribution in [2.24, 2.45) is 0 Å². The average Bonchev–Trinajstić information content (AvgIpc) is 2.60. The van der Waals surface area contributed by atoms with Crippen LogP contribution in [0, 0.1) is 20.8 Å². The molecule has 0 fully saturated rings. The lowest BCUT2D eigenvalue weighted by molar-refractivity contribution is 0.330. The smallest absolute Gasteiger partial charge is 0.132 e. The fourth-order valence-corrected chi connectivity index (χ4v) is 2.83. The van der Waals surface area contributed by atoms with E-state index in [-0.39, 0.29) is 0 Å². The van der Waals surface area contributed by atoms with Crippen molar-refractivity contribution in [3.63, 3.8) is 0 Å². The molecule has 2 aromatic rings. The lowest BCUT2D eigenvalue weighted by Crippen LogP contribution is -2.14. The molecule has 25 heavy (non-hydrogen) atoms. The Kier molecular flexibility index (Phi) is 7.71. The number of nitrogens with one attached hydrogen (secondary N) is 1. The highest BCUT2D eigenvalue weighted by atomic mass is 16.5. The van der Waals surface area contributed by atoms with E-state index in [0.717, 1.165) is 35.8 Å². The van der Waals surface area contributed by atoms with Gasteiger partial charge in [0.05, 0.1) is 6.54 Å². The molecule has 136 valence electrons.